The summed E-state index contributed by atoms with van der Waals surface area (Å²) < 4.78 is 14.8. The fraction of sp³-hybridized carbons (Fsp3) is 0.611. The highest BCUT2D eigenvalue weighted by molar-refractivity contribution is 5.92. The smallest absolute Gasteiger partial charge is 0.274 e. The second kappa shape index (κ2) is 7.59. The third-order valence-electron chi connectivity index (χ3n) is 4.89. The van der Waals surface area contributed by atoms with Gasteiger partial charge in [-0.2, -0.15) is 10.2 Å². The van der Waals surface area contributed by atoms with E-state index >= 15 is 0 Å². The number of hydrogen-bond acceptors (Lipinski definition) is 5. The summed E-state index contributed by atoms with van der Waals surface area (Å²) in [7, 11) is 1.65. The molecule has 0 spiro atoms. The Kier molecular flexibility index (Phi) is 5.03. The number of rotatable bonds is 7. The molecule has 1 atom stereocenters. The zero-order valence-electron chi connectivity index (χ0n) is 15.1. The van der Waals surface area contributed by atoms with E-state index in [2.05, 4.69) is 10.2 Å². The van der Waals surface area contributed by atoms with Crippen molar-refractivity contribution in [2.75, 3.05) is 26.9 Å². The first-order chi connectivity index (χ1) is 12.7. The van der Waals surface area contributed by atoms with Gasteiger partial charge in [-0.1, -0.05) is 0 Å². The maximum Gasteiger partial charge on any atom is 0.274 e. The fourth-order valence-electron chi connectivity index (χ4n) is 3.18. The number of carbonyl (C=O) groups excluding carboxylic acids is 1. The predicted octanol–water partition coefficient (Wildman–Crippen LogP) is 1.18. The lowest BCUT2D eigenvalue weighted by atomic mass is 10.3. The van der Waals surface area contributed by atoms with E-state index in [1.807, 2.05) is 21.8 Å². The average molecular weight is 359 g/mol. The van der Waals surface area contributed by atoms with Gasteiger partial charge in [-0.05, 0) is 30.9 Å². The Balaban J connectivity index is 1.47. The van der Waals surface area contributed by atoms with E-state index in [9.17, 15) is 4.79 Å². The van der Waals surface area contributed by atoms with Gasteiger partial charge in [0.15, 0.2) is 0 Å². The molecule has 1 amide bonds. The summed E-state index contributed by atoms with van der Waals surface area (Å²) in [6.07, 6.45) is 6.05. The number of carbonyl (C=O) groups is 1. The van der Waals surface area contributed by atoms with Gasteiger partial charge in [-0.15, -0.1) is 0 Å². The highest BCUT2D eigenvalue weighted by atomic mass is 16.5. The lowest BCUT2D eigenvalue weighted by Crippen LogP contribution is -2.38. The molecule has 0 unspecified atom stereocenters. The summed E-state index contributed by atoms with van der Waals surface area (Å²) in [6, 6.07) is 3.72. The number of nitrogens with zero attached hydrogens (tertiary/aromatic N) is 5. The van der Waals surface area contributed by atoms with Crippen LogP contribution in [0.15, 0.2) is 24.5 Å². The van der Waals surface area contributed by atoms with Crippen molar-refractivity contribution < 1.29 is 14.3 Å². The Hall–Kier alpha value is -2.19. The molecule has 140 valence electrons. The second-order valence-corrected chi connectivity index (χ2v) is 7.05. The summed E-state index contributed by atoms with van der Waals surface area (Å²) in [5.74, 6) is 0.617. The van der Waals surface area contributed by atoms with E-state index in [-0.39, 0.29) is 12.0 Å². The number of aromatic nitrogens is 4. The van der Waals surface area contributed by atoms with Crippen LogP contribution in [0.1, 0.15) is 29.0 Å². The maximum absolute atomic E-state index is 13.0. The van der Waals surface area contributed by atoms with Crippen LogP contribution in [0.3, 0.4) is 0 Å². The first kappa shape index (κ1) is 17.2. The minimum atomic E-state index is -0.0733. The second-order valence-electron chi connectivity index (χ2n) is 7.05. The Morgan fingerprint density at radius 3 is 3.00 bits per heavy atom. The van der Waals surface area contributed by atoms with E-state index in [1.54, 1.807) is 24.1 Å². The molecule has 0 radical (unpaired) electrons. The van der Waals surface area contributed by atoms with Crippen LogP contribution >= 0.6 is 0 Å². The minimum absolute atomic E-state index is 0.0451. The molecule has 1 saturated carbocycles. The number of hydrogen-bond donors (Lipinski definition) is 0. The van der Waals surface area contributed by atoms with Crippen molar-refractivity contribution in [2.24, 2.45) is 5.92 Å². The van der Waals surface area contributed by atoms with Crippen molar-refractivity contribution in [3.8, 4) is 0 Å². The number of fused-ring (bicyclic) bond motifs is 1. The molecule has 0 bridgehead atoms. The van der Waals surface area contributed by atoms with Gasteiger partial charge >= 0.3 is 0 Å². The molecular weight excluding hydrogens is 334 g/mol. The van der Waals surface area contributed by atoms with Gasteiger partial charge < -0.3 is 14.4 Å². The third-order valence-corrected chi connectivity index (χ3v) is 4.89. The largest absolute Gasteiger partial charge is 0.383 e. The van der Waals surface area contributed by atoms with Gasteiger partial charge in [0.05, 0.1) is 38.0 Å². The highest BCUT2D eigenvalue weighted by Gasteiger charge is 2.29. The molecule has 26 heavy (non-hydrogen) atoms. The van der Waals surface area contributed by atoms with Crippen LogP contribution in [0, 0.1) is 5.92 Å². The molecule has 8 nitrogen and oxygen atoms in total. The van der Waals surface area contributed by atoms with Crippen molar-refractivity contribution >= 4 is 5.91 Å². The molecule has 4 rings (SSSR count). The molecule has 3 heterocycles. The Morgan fingerprint density at radius 1 is 1.31 bits per heavy atom. The number of ether oxygens (including phenoxy) is 2. The topological polar surface area (TPSA) is 74.4 Å². The van der Waals surface area contributed by atoms with Crippen molar-refractivity contribution in [3.63, 3.8) is 0 Å². The zero-order chi connectivity index (χ0) is 17.9. The molecule has 1 aliphatic carbocycles. The fourth-order valence-corrected chi connectivity index (χ4v) is 3.18. The Morgan fingerprint density at radius 2 is 2.19 bits per heavy atom. The molecule has 1 fully saturated rings. The summed E-state index contributed by atoms with van der Waals surface area (Å²) >= 11 is 0. The van der Waals surface area contributed by atoms with Gasteiger partial charge in [-0.25, -0.2) is 0 Å². The van der Waals surface area contributed by atoms with Crippen molar-refractivity contribution in [1.29, 1.82) is 0 Å². The van der Waals surface area contributed by atoms with Crippen LogP contribution in [0.25, 0.3) is 0 Å². The first-order valence-electron chi connectivity index (χ1n) is 9.17. The SMILES string of the molecule is COCCn1ccc(C(=O)N2Cc3ccnn3C[C@@H](OCC3CC3)C2)n1. The first-order valence-corrected chi connectivity index (χ1v) is 9.17. The predicted molar refractivity (Wildman–Crippen MR) is 93.5 cm³/mol. The van der Waals surface area contributed by atoms with Gasteiger partial charge in [-0.3, -0.25) is 14.2 Å². The van der Waals surface area contributed by atoms with Crippen molar-refractivity contribution in [2.45, 2.75) is 38.6 Å². The molecule has 0 aromatic carbocycles. The van der Waals surface area contributed by atoms with Crippen LogP contribution in [-0.2, 0) is 29.1 Å². The van der Waals surface area contributed by atoms with Crippen molar-refractivity contribution in [3.05, 3.63) is 35.9 Å². The average Bonchev–Trinajstić information content (AvgIpc) is 3.25. The van der Waals surface area contributed by atoms with E-state index in [0.29, 0.717) is 44.4 Å². The van der Waals surface area contributed by atoms with Crippen molar-refractivity contribution in [1.82, 2.24) is 24.5 Å². The minimum Gasteiger partial charge on any atom is -0.383 e. The standard InChI is InChI=1S/C18H25N5O3/c1-25-9-8-22-7-5-17(20-22)18(24)21-10-15-4-6-19-23(15)12-16(11-21)26-13-14-2-3-14/h4-7,14,16H,2-3,8-13H2,1H3/t16-/m0/s1. The van der Waals surface area contributed by atoms with Crippen LogP contribution in [0.4, 0.5) is 0 Å². The zero-order valence-corrected chi connectivity index (χ0v) is 15.1. The van der Waals surface area contributed by atoms with E-state index in [0.717, 1.165) is 12.3 Å². The summed E-state index contributed by atoms with van der Waals surface area (Å²) in [4.78, 5) is 14.8. The summed E-state index contributed by atoms with van der Waals surface area (Å²) in [5, 5.41) is 8.77. The normalized spacial score (nSPS) is 20.0. The van der Waals surface area contributed by atoms with Crippen LogP contribution in [-0.4, -0.2) is 63.3 Å². The van der Waals surface area contributed by atoms with E-state index in [1.165, 1.54) is 12.8 Å². The van der Waals surface area contributed by atoms with Gasteiger partial charge in [0.2, 0.25) is 0 Å². The molecule has 2 aromatic rings. The van der Waals surface area contributed by atoms with Gasteiger partial charge in [0, 0.05) is 32.7 Å². The van der Waals surface area contributed by atoms with E-state index in [4.69, 9.17) is 9.47 Å². The van der Waals surface area contributed by atoms with Crippen LogP contribution < -0.4 is 0 Å². The maximum atomic E-state index is 13.0. The molecule has 1 aliphatic heterocycles. The molecular formula is C18H25N5O3. The number of methoxy groups -OCH3 is 1. The monoisotopic (exact) mass is 359 g/mol. The molecule has 2 aliphatic rings. The Labute approximate surface area is 152 Å². The number of amides is 1. The van der Waals surface area contributed by atoms with Gasteiger partial charge in [0.1, 0.15) is 5.69 Å². The quantitative estimate of drug-likeness (QED) is 0.742. The highest BCUT2D eigenvalue weighted by Crippen LogP contribution is 2.29. The molecule has 0 N–H and O–H groups in total. The van der Waals surface area contributed by atoms with Gasteiger partial charge in [0.25, 0.3) is 5.91 Å². The summed E-state index contributed by atoms with van der Waals surface area (Å²) in [6.45, 7) is 3.72. The molecule has 8 heteroatoms. The lowest BCUT2D eigenvalue weighted by Gasteiger charge is -2.23. The van der Waals surface area contributed by atoms with Crippen LogP contribution in [0.2, 0.25) is 0 Å². The molecule has 0 saturated heterocycles. The van der Waals surface area contributed by atoms with E-state index < -0.39 is 0 Å². The Bertz CT molecular complexity index is 752. The molecule has 2 aromatic heterocycles. The third kappa shape index (κ3) is 3.96. The lowest BCUT2D eigenvalue weighted by molar-refractivity contribution is 0.0135. The summed E-state index contributed by atoms with van der Waals surface area (Å²) in [5.41, 5.74) is 1.48. The van der Waals surface area contributed by atoms with Crippen LogP contribution in [0.5, 0.6) is 0 Å².